The van der Waals surface area contributed by atoms with Crippen molar-refractivity contribution >= 4 is 35.6 Å². The van der Waals surface area contributed by atoms with E-state index in [1.165, 1.54) is 17.5 Å². The molecular weight excluding hydrogens is 841 g/mol. The van der Waals surface area contributed by atoms with Crippen molar-refractivity contribution in [3.05, 3.63) is 47.6 Å². The van der Waals surface area contributed by atoms with Gasteiger partial charge >= 0.3 is 5.97 Å². The van der Waals surface area contributed by atoms with Gasteiger partial charge in [0.1, 0.15) is 17.9 Å². The summed E-state index contributed by atoms with van der Waals surface area (Å²) in [5.41, 5.74) is 2.18. The SMILES string of the molecule is COC(C/C(C)=C/[C@@H](C)C(=O)CC[C@H](C)CC1CCC(N(N)C=N)C(OC)C1)C(=O)C(C)C[C@H](C)/C=C/C/C=C/C=C(\C)CCCCCC(C)C(O)(O)C(=O)C(=O)N1CCCCC1C(=O)O. The number of carbonyl (C=O) groups is 5. The van der Waals surface area contributed by atoms with E-state index in [-0.39, 0.29) is 54.4 Å². The van der Waals surface area contributed by atoms with Crippen LogP contribution in [0, 0.1) is 40.9 Å². The van der Waals surface area contributed by atoms with Crippen LogP contribution in [0.2, 0.25) is 0 Å². The fourth-order valence-electron chi connectivity index (χ4n) is 9.61. The lowest BCUT2D eigenvalue weighted by Gasteiger charge is -2.39. The second-order valence-corrected chi connectivity index (χ2v) is 19.7. The van der Waals surface area contributed by atoms with E-state index < -0.39 is 41.5 Å². The zero-order chi connectivity index (χ0) is 49.6. The van der Waals surface area contributed by atoms with Gasteiger partial charge in [-0.05, 0) is 115 Å². The minimum atomic E-state index is -2.86. The Morgan fingerprint density at radius 2 is 1.64 bits per heavy atom. The molecule has 0 aromatic rings. The molecule has 14 nitrogen and oxygen atoms in total. The fourth-order valence-corrected chi connectivity index (χ4v) is 9.61. The molecule has 374 valence electrons. The van der Waals surface area contributed by atoms with Gasteiger partial charge in [-0.3, -0.25) is 29.6 Å². The van der Waals surface area contributed by atoms with Crippen LogP contribution < -0.4 is 5.84 Å². The number of ketones is 3. The normalized spacial score (nSPS) is 22.7. The molecule has 1 aliphatic heterocycles. The van der Waals surface area contributed by atoms with Gasteiger partial charge in [0.25, 0.3) is 11.7 Å². The molecule has 1 amide bonds. The van der Waals surface area contributed by atoms with Gasteiger partial charge in [-0.15, -0.1) is 0 Å². The maximum Gasteiger partial charge on any atom is 0.326 e. The lowest BCUT2D eigenvalue weighted by Crippen LogP contribution is -2.57. The van der Waals surface area contributed by atoms with E-state index in [2.05, 4.69) is 45.1 Å². The molecule has 14 heteroatoms. The second-order valence-electron chi connectivity index (χ2n) is 19.7. The smallest absolute Gasteiger partial charge is 0.326 e. The third-order valence-corrected chi connectivity index (χ3v) is 13.9. The lowest BCUT2D eigenvalue weighted by molar-refractivity contribution is -0.205. The molecule has 66 heavy (non-hydrogen) atoms. The summed E-state index contributed by atoms with van der Waals surface area (Å²) in [7, 11) is 3.27. The zero-order valence-electron chi connectivity index (χ0n) is 41.7. The third-order valence-electron chi connectivity index (χ3n) is 13.9. The summed E-state index contributed by atoms with van der Waals surface area (Å²) < 4.78 is 11.4. The predicted octanol–water partition coefficient (Wildman–Crippen LogP) is 8.30. The average molecular weight is 927 g/mol. The molecule has 0 aromatic carbocycles. The number of Topliss-reactive ketones (excluding diaryl/α,β-unsaturated/α-hetero) is 3. The Hall–Kier alpha value is -3.82. The van der Waals surface area contributed by atoms with Crippen molar-refractivity contribution in [2.75, 3.05) is 20.8 Å². The van der Waals surface area contributed by atoms with Gasteiger partial charge in [0.15, 0.2) is 5.78 Å². The molecular formula is C52H86N4O10. The maximum atomic E-state index is 13.4. The molecule has 0 radical (unpaired) electrons. The van der Waals surface area contributed by atoms with E-state index >= 15 is 0 Å². The summed E-state index contributed by atoms with van der Waals surface area (Å²) in [5, 5.41) is 39.6. The first-order valence-electron chi connectivity index (χ1n) is 24.5. The first-order valence-corrected chi connectivity index (χ1v) is 24.5. The topological polar surface area (TPSA) is 221 Å². The third kappa shape index (κ3) is 19.4. The van der Waals surface area contributed by atoms with Crippen LogP contribution in [0.4, 0.5) is 0 Å². The number of nitrogens with two attached hydrogens (primary N) is 1. The number of nitrogens with one attached hydrogen (secondary N) is 1. The monoisotopic (exact) mass is 927 g/mol. The summed E-state index contributed by atoms with van der Waals surface area (Å²) in [6.07, 6.45) is 25.0. The van der Waals surface area contributed by atoms with Crippen molar-refractivity contribution in [2.24, 2.45) is 41.4 Å². The summed E-state index contributed by atoms with van der Waals surface area (Å²) in [6, 6.07) is -1.11. The Labute approximate surface area is 396 Å². The van der Waals surface area contributed by atoms with E-state index in [4.69, 9.17) is 20.7 Å². The zero-order valence-corrected chi connectivity index (χ0v) is 41.7. The number of rotatable bonds is 31. The van der Waals surface area contributed by atoms with Crippen LogP contribution >= 0.6 is 0 Å². The van der Waals surface area contributed by atoms with Crippen LogP contribution in [0.15, 0.2) is 47.6 Å². The molecule has 1 heterocycles. The molecule has 10 atom stereocenters. The number of aliphatic carboxylic acids is 1. The minimum absolute atomic E-state index is 0.00293. The van der Waals surface area contributed by atoms with Crippen LogP contribution in [-0.4, -0.2) is 112 Å². The van der Waals surface area contributed by atoms with Gasteiger partial charge in [-0.2, -0.15) is 0 Å². The molecule has 0 spiro atoms. The predicted molar refractivity (Wildman–Crippen MR) is 259 cm³/mol. The number of allylic oxidation sites excluding steroid dienone is 7. The minimum Gasteiger partial charge on any atom is -0.480 e. The second kappa shape index (κ2) is 29.8. The molecule has 6 N–H and O–H groups in total. The highest BCUT2D eigenvalue weighted by Gasteiger charge is 2.47. The van der Waals surface area contributed by atoms with Crippen LogP contribution in [0.5, 0.6) is 0 Å². The highest BCUT2D eigenvalue weighted by atomic mass is 16.5. The number of likely N-dealkylation sites (tertiary alicyclic amines) is 1. The van der Waals surface area contributed by atoms with Gasteiger partial charge in [0, 0.05) is 51.4 Å². The number of unbranched alkanes of at least 4 members (excludes halogenated alkanes) is 2. The molecule has 2 aliphatic rings. The first kappa shape index (κ1) is 58.3. The van der Waals surface area contributed by atoms with Crippen LogP contribution in [0.3, 0.4) is 0 Å². The van der Waals surface area contributed by atoms with Crippen molar-refractivity contribution in [3.63, 3.8) is 0 Å². The number of carboxylic acid groups (broad SMARTS) is 1. The fraction of sp³-hybridized carbons (Fsp3) is 0.731. The van der Waals surface area contributed by atoms with Crippen LogP contribution in [-0.2, 0) is 33.4 Å². The maximum absolute atomic E-state index is 13.4. The number of hydrazine groups is 1. The highest BCUT2D eigenvalue weighted by Crippen LogP contribution is 2.34. The van der Waals surface area contributed by atoms with Crippen LogP contribution in [0.25, 0.3) is 0 Å². The van der Waals surface area contributed by atoms with Crippen molar-refractivity contribution in [1.29, 1.82) is 5.41 Å². The van der Waals surface area contributed by atoms with E-state index in [1.807, 2.05) is 32.9 Å². The van der Waals surface area contributed by atoms with E-state index in [1.54, 1.807) is 14.2 Å². The number of amides is 1. The molecule has 1 aliphatic carbocycles. The van der Waals surface area contributed by atoms with E-state index in [0.29, 0.717) is 56.8 Å². The molecule has 2 fully saturated rings. The number of piperidine rings is 1. The summed E-state index contributed by atoms with van der Waals surface area (Å²) in [5.74, 6) is -0.544. The number of aliphatic hydroxyl groups is 2. The Morgan fingerprint density at radius 3 is 2.29 bits per heavy atom. The van der Waals surface area contributed by atoms with Crippen molar-refractivity contribution in [2.45, 2.75) is 188 Å². The first-order chi connectivity index (χ1) is 31.2. The van der Waals surface area contributed by atoms with Crippen molar-refractivity contribution in [3.8, 4) is 0 Å². The molecule has 1 saturated heterocycles. The van der Waals surface area contributed by atoms with Crippen molar-refractivity contribution in [1.82, 2.24) is 9.91 Å². The highest BCUT2D eigenvalue weighted by molar-refractivity contribution is 6.39. The number of nitrogens with zero attached hydrogens (tertiary/aromatic N) is 2. The summed E-state index contributed by atoms with van der Waals surface area (Å²) in [6.45, 7) is 13.8. The van der Waals surface area contributed by atoms with Gasteiger partial charge in [0.05, 0.1) is 18.5 Å². The number of methoxy groups -OCH3 is 2. The number of ether oxygens (including phenoxy) is 2. The molecule has 0 bridgehead atoms. The standard InChI is InChI=1S/C52H86N4O10/c1-35(20-15-12-16-22-41(7)52(63,64)49(59)50(60)55-28-18-17-23-44(55)51(61)62)19-13-10-11-14-21-36(2)29-40(6)48(58)47(66-9)32-38(4)30-39(5)45(57)27-24-37(3)31-42-25-26-43(56(54)34-53)46(33-42)65-8/h10,13-14,19,21,30,34,36-37,39-44,46-47,53,63-64H,11-12,15-18,20,22-29,31-33,54H2,1-9H3,(H,61,62)/b13-10+,21-14+,35-19+,38-30+,53-34?/t36-,37+,39-,40?,41?,42?,43?,44?,46?,47?/m1/s1. The van der Waals surface area contributed by atoms with Gasteiger partial charge < -0.3 is 29.7 Å². The van der Waals surface area contributed by atoms with Gasteiger partial charge in [0.2, 0.25) is 5.79 Å². The Morgan fingerprint density at radius 1 is 0.924 bits per heavy atom. The van der Waals surface area contributed by atoms with E-state index in [9.17, 15) is 39.3 Å². The average Bonchev–Trinajstić information content (AvgIpc) is 3.29. The Bertz CT molecular complexity index is 1690. The van der Waals surface area contributed by atoms with Crippen LogP contribution in [0.1, 0.15) is 158 Å². The lowest BCUT2D eigenvalue weighted by atomic mass is 9.78. The number of hydrogen-bond donors (Lipinski definition) is 5. The van der Waals surface area contributed by atoms with Crippen molar-refractivity contribution < 1.29 is 48.8 Å². The number of carboxylic acids is 1. The summed E-state index contributed by atoms with van der Waals surface area (Å²) in [4.78, 5) is 64.7. The largest absolute Gasteiger partial charge is 0.480 e. The van der Waals surface area contributed by atoms with E-state index in [0.717, 1.165) is 74.6 Å². The molecule has 0 aromatic heterocycles. The quantitative estimate of drug-likeness (QED) is 0.00510. The molecule has 2 rings (SSSR count). The number of carbonyl (C=O) groups excluding carboxylic acids is 4. The number of hydrogen-bond acceptors (Lipinski definition) is 11. The Balaban J connectivity index is 1.70. The Kier molecular flexibility index (Phi) is 26.4. The summed E-state index contributed by atoms with van der Waals surface area (Å²) >= 11 is 0. The molecule has 7 unspecified atom stereocenters. The van der Waals surface area contributed by atoms with Gasteiger partial charge in [-0.1, -0.05) is 95.1 Å². The van der Waals surface area contributed by atoms with Gasteiger partial charge in [-0.25, -0.2) is 10.6 Å². The molecule has 1 saturated carbocycles.